The summed E-state index contributed by atoms with van der Waals surface area (Å²) >= 11 is 3.39. The van der Waals surface area contributed by atoms with Gasteiger partial charge >= 0.3 is 0 Å². The zero-order valence-electron chi connectivity index (χ0n) is 9.84. The first kappa shape index (κ1) is 13.2. The Labute approximate surface area is 104 Å². The fourth-order valence-corrected chi connectivity index (χ4v) is 2.22. The summed E-state index contributed by atoms with van der Waals surface area (Å²) in [6.07, 6.45) is 1.76. The summed E-state index contributed by atoms with van der Waals surface area (Å²) in [6.45, 7) is 5.84. The average molecular weight is 289 g/mol. The third-order valence-corrected chi connectivity index (χ3v) is 3.10. The van der Waals surface area contributed by atoms with E-state index in [1.165, 1.54) is 0 Å². The molecule has 16 heavy (non-hydrogen) atoms. The SMILES string of the molecule is CCC(C)(CCBr)NC(=O)c1cc(C)on1. The van der Waals surface area contributed by atoms with E-state index >= 15 is 0 Å². The maximum absolute atomic E-state index is 11.9. The summed E-state index contributed by atoms with van der Waals surface area (Å²) in [6, 6.07) is 1.64. The van der Waals surface area contributed by atoms with Crippen LogP contribution in [0.5, 0.6) is 0 Å². The number of aryl methyl sites for hydroxylation is 1. The lowest BCUT2D eigenvalue weighted by atomic mass is 9.95. The number of nitrogens with zero attached hydrogens (tertiary/aromatic N) is 1. The van der Waals surface area contributed by atoms with Crippen LogP contribution >= 0.6 is 15.9 Å². The standard InChI is InChI=1S/C11H17BrN2O2/c1-4-11(3,5-6-12)13-10(15)9-7-8(2)16-14-9/h7H,4-6H2,1-3H3,(H,13,15). The molecule has 0 fully saturated rings. The van der Waals surface area contributed by atoms with Crippen LogP contribution < -0.4 is 5.32 Å². The Hall–Kier alpha value is -0.840. The maximum Gasteiger partial charge on any atom is 0.273 e. The number of carbonyl (C=O) groups is 1. The topological polar surface area (TPSA) is 55.1 Å². The monoisotopic (exact) mass is 288 g/mol. The summed E-state index contributed by atoms with van der Waals surface area (Å²) in [7, 11) is 0. The predicted molar refractivity (Wildman–Crippen MR) is 65.8 cm³/mol. The van der Waals surface area contributed by atoms with Crippen molar-refractivity contribution < 1.29 is 9.32 Å². The van der Waals surface area contributed by atoms with Gasteiger partial charge in [-0.15, -0.1) is 0 Å². The van der Waals surface area contributed by atoms with Crippen LogP contribution in [0.25, 0.3) is 0 Å². The molecule has 0 spiro atoms. The second-order valence-corrected chi connectivity index (χ2v) is 4.92. The molecule has 1 N–H and O–H groups in total. The van der Waals surface area contributed by atoms with E-state index in [2.05, 4.69) is 33.3 Å². The lowest BCUT2D eigenvalue weighted by Gasteiger charge is -2.28. The number of rotatable bonds is 5. The number of nitrogens with one attached hydrogen (secondary N) is 1. The van der Waals surface area contributed by atoms with E-state index in [0.717, 1.165) is 18.2 Å². The van der Waals surface area contributed by atoms with Crippen molar-refractivity contribution in [3.8, 4) is 0 Å². The van der Waals surface area contributed by atoms with Gasteiger partial charge in [0.1, 0.15) is 5.76 Å². The lowest BCUT2D eigenvalue weighted by Crippen LogP contribution is -2.45. The van der Waals surface area contributed by atoms with Gasteiger partial charge in [-0.05, 0) is 26.7 Å². The molecular weight excluding hydrogens is 272 g/mol. The van der Waals surface area contributed by atoms with Crippen LogP contribution in [0.1, 0.15) is 42.9 Å². The second-order valence-electron chi connectivity index (χ2n) is 4.13. The third kappa shape index (κ3) is 3.33. The van der Waals surface area contributed by atoms with Gasteiger partial charge in [-0.25, -0.2) is 0 Å². The van der Waals surface area contributed by atoms with Gasteiger partial charge in [0.15, 0.2) is 5.69 Å². The quantitative estimate of drug-likeness (QED) is 0.848. The summed E-state index contributed by atoms with van der Waals surface area (Å²) in [5, 5.41) is 7.53. The number of amides is 1. The predicted octanol–water partition coefficient (Wildman–Crippen LogP) is 2.67. The molecule has 1 rings (SSSR count). The van der Waals surface area contributed by atoms with Crippen LogP contribution in [0.4, 0.5) is 0 Å². The Bertz CT molecular complexity index is 365. The highest BCUT2D eigenvalue weighted by Gasteiger charge is 2.25. The Morgan fingerprint density at radius 2 is 2.38 bits per heavy atom. The highest BCUT2D eigenvalue weighted by Crippen LogP contribution is 2.16. The van der Waals surface area contributed by atoms with Gasteiger partial charge in [-0.1, -0.05) is 28.0 Å². The zero-order valence-corrected chi connectivity index (χ0v) is 11.4. The molecule has 1 unspecified atom stereocenters. The number of halogens is 1. The number of aromatic nitrogens is 1. The Morgan fingerprint density at radius 3 is 2.81 bits per heavy atom. The van der Waals surface area contributed by atoms with E-state index in [1.807, 2.05) is 6.92 Å². The van der Waals surface area contributed by atoms with E-state index < -0.39 is 0 Å². The molecule has 1 amide bonds. The largest absolute Gasteiger partial charge is 0.361 e. The van der Waals surface area contributed by atoms with E-state index in [1.54, 1.807) is 13.0 Å². The normalized spacial score (nSPS) is 14.5. The number of alkyl halides is 1. The van der Waals surface area contributed by atoms with Crippen molar-refractivity contribution in [2.24, 2.45) is 0 Å². The van der Waals surface area contributed by atoms with E-state index in [4.69, 9.17) is 4.52 Å². The fraction of sp³-hybridized carbons (Fsp3) is 0.636. The van der Waals surface area contributed by atoms with Gasteiger partial charge < -0.3 is 9.84 Å². The van der Waals surface area contributed by atoms with Crippen molar-refractivity contribution in [3.63, 3.8) is 0 Å². The number of hydrogen-bond donors (Lipinski definition) is 1. The van der Waals surface area contributed by atoms with Crippen LogP contribution in [0.3, 0.4) is 0 Å². The molecule has 1 aromatic heterocycles. The maximum atomic E-state index is 11.9. The van der Waals surface area contributed by atoms with Crippen molar-refractivity contribution >= 4 is 21.8 Å². The van der Waals surface area contributed by atoms with Crippen LogP contribution in [0.2, 0.25) is 0 Å². The average Bonchev–Trinajstić information content (AvgIpc) is 2.65. The van der Waals surface area contributed by atoms with E-state index in [0.29, 0.717) is 11.5 Å². The summed E-state index contributed by atoms with van der Waals surface area (Å²) in [5.74, 6) is 0.464. The molecule has 0 bridgehead atoms. The van der Waals surface area contributed by atoms with E-state index in [-0.39, 0.29) is 11.4 Å². The van der Waals surface area contributed by atoms with Crippen molar-refractivity contribution in [1.29, 1.82) is 0 Å². The van der Waals surface area contributed by atoms with Crippen molar-refractivity contribution in [3.05, 3.63) is 17.5 Å². The number of hydrogen-bond acceptors (Lipinski definition) is 3. The van der Waals surface area contributed by atoms with Crippen LogP contribution in [-0.2, 0) is 0 Å². The third-order valence-electron chi connectivity index (χ3n) is 2.70. The molecule has 0 aliphatic rings. The summed E-state index contributed by atoms with van der Waals surface area (Å²) < 4.78 is 4.87. The highest BCUT2D eigenvalue weighted by molar-refractivity contribution is 9.09. The minimum absolute atomic E-state index is 0.179. The van der Waals surface area contributed by atoms with Crippen molar-refractivity contribution in [2.45, 2.75) is 39.2 Å². The molecule has 5 heteroatoms. The first-order valence-corrected chi connectivity index (χ1v) is 6.44. The van der Waals surface area contributed by atoms with E-state index in [9.17, 15) is 4.79 Å². The summed E-state index contributed by atoms with van der Waals surface area (Å²) in [4.78, 5) is 11.9. The molecular formula is C11H17BrN2O2. The Balaban J connectivity index is 2.69. The van der Waals surface area contributed by atoms with Crippen LogP contribution in [-0.4, -0.2) is 21.9 Å². The van der Waals surface area contributed by atoms with Gasteiger partial charge in [0.2, 0.25) is 0 Å². The second kappa shape index (κ2) is 5.48. The molecule has 0 aromatic carbocycles. The minimum atomic E-state index is -0.201. The molecule has 4 nitrogen and oxygen atoms in total. The molecule has 90 valence electrons. The molecule has 1 aromatic rings. The molecule has 0 aliphatic carbocycles. The fourth-order valence-electron chi connectivity index (χ4n) is 1.35. The first-order valence-electron chi connectivity index (χ1n) is 5.32. The van der Waals surface area contributed by atoms with Gasteiger partial charge in [-0.3, -0.25) is 4.79 Å². The Kier molecular flexibility index (Phi) is 4.53. The smallest absolute Gasteiger partial charge is 0.273 e. The van der Waals surface area contributed by atoms with Crippen molar-refractivity contribution in [2.75, 3.05) is 5.33 Å². The number of carbonyl (C=O) groups excluding carboxylic acids is 1. The molecule has 0 saturated heterocycles. The van der Waals surface area contributed by atoms with Gasteiger partial charge in [0, 0.05) is 16.9 Å². The zero-order chi connectivity index (χ0) is 12.2. The van der Waals surface area contributed by atoms with Gasteiger partial charge in [0.05, 0.1) is 0 Å². The lowest BCUT2D eigenvalue weighted by molar-refractivity contribution is 0.0892. The van der Waals surface area contributed by atoms with Gasteiger partial charge in [0.25, 0.3) is 5.91 Å². The Morgan fingerprint density at radius 1 is 1.69 bits per heavy atom. The molecule has 1 atom stereocenters. The summed E-state index contributed by atoms with van der Waals surface area (Å²) in [5.41, 5.74) is 0.139. The van der Waals surface area contributed by atoms with Gasteiger partial charge in [-0.2, -0.15) is 0 Å². The first-order chi connectivity index (χ1) is 7.50. The molecule has 0 saturated carbocycles. The van der Waals surface area contributed by atoms with Crippen LogP contribution in [0.15, 0.2) is 10.6 Å². The molecule has 0 aliphatic heterocycles. The minimum Gasteiger partial charge on any atom is -0.361 e. The van der Waals surface area contributed by atoms with Crippen LogP contribution in [0, 0.1) is 6.92 Å². The molecule has 0 radical (unpaired) electrons. The van der Waals surface area contributed by atoms with Crippen molar-refractivity contribution in [1.82, 2.24) is 10.5 Å². The molecule has 1 heterocycles. The highest BCUT2D eigenvalue weighted by atomic mass is 79.9.